The van der Waals surface area contributed by atoms with Crippen molar-refractivity contribution in [3.63, 3.8) is 0 Å². The van der Waals surface area contributed by atoms with Gasteiger partial charge in [-0.05, 0) is 25.0 Å². The average molecular weight is 208 g/mol. The van der Waals surface area contributed by atoms with Gasteiger partial charge in [-0.2, -0.15) is 0 Å². The van der Waals surface area contributed by atoms with E-state index in [2.05, 4.69) is 4.98 Å². The Morgan fingerprint density at radius 1 is 1.60 bits per heavy atom. The van der Waals surface area contributed by atoms with Crippen LogP contribution in [0.1, 0.15) is 19.3 Å². The smallest absolute Gasteiger partial charge is 0.166 e. The van der Waals surface area contributed by atoms with E-state index in [1.807, 2.05) is 12.1 Å². The molecule has 0 aromatic carbocycles. The second-order valence-electron chi connectivity index (χ2n) is 3.66. The summed E-state index contributed by atoms with van der Waals surface area (Å²) in [5.74, 6) is 1.11. The molecule has 1 atom stereocenters. The van der Waals surface area contributed by atoms with Gasteiger partial charge in [0.25, 0.3) is 0 Å². The van der Waals surface area contributed by atoms with Crippen LogP contribution < -0.4 is 10.5 Å². The van der Waals surface area contributed by atoms with Gasteiger partial charge in [0, 0.05) is 19.2 Å². The van der Waals surface area contributed by atoms with E-state index in [-0.39, 0.29) is 0 Å². The molecule has 2 rings (SSSR count). The predicted octanol–water partition coefficient (Wildman–Crippen LogP) is 1.61. The summed E-state index contributed by atoms with van der Waals surface area (Å²) in [5, 5.41) is 0. The number of hydrogen-bond donors (Lipinski definition) is 1. The van der Waals surface area contributed by atoms with Crippen LogP contribution in [0.25, 0.3) is 0 Å². The van der Waals surface area contributed by atoms with Crippen LogP contribution in [0.2, 0.25) is 0 Å². The quantitative estimate of drug-likeness (QED) is 0.816. The predicted molar refractivity (Wildman–Crippen MR) is 57.7 cm³/mol. The topological polar surface area (TPSA) is 57.4 Å². The summed E-state index contributed by atoms with van der Waals surface area (Å²) >= 11 is 0. The highest BCUT2D eigenvalue weighted by molar-refractivity contribution is 5.44. The highest BCUT2D eigenvalue weighted by Gasteiger charge is 2.15. The molecule has 0 amide bonds. The largest absolute Gasteiger partial charge is 0.490 e. The summed E-state index contributed by atoms with van der Waals surface area (Å²) in [5.41, 5.74) is 5.65. The third kappa shape index (κ3) is 2.83. The molecule has 4 nitrogen and oxygen atoms in total. The molecule has 2 N–H and O–H groups in total. The van der Waals surface area contributed by atoms with Gasteiger partial charge in [-0.3, -0.25) is 0 Å². The Kier molecular flexibility index (Phi) is 3.40. The Hall–Kier alpha value is -1.29. The van der Waals surface area contributed by atoms with Crippen molar-refractivity contribution in [2.45, 2.75) is 25.4 Å². The van der Waals surface area contributed by atoms with Crippen LogP contribution in [-0.2, 0) is 4.74 Å². The molecule has 0 bridgehead atoms. The van der Waals surface area contributed by atoms with Gasteiger partial charge in [0.15, 0.2) is 11.6 Å². The number of nitrogen functional groups attached to an aromatic ring is 1. The van der Waals surface area contributed by atoms with E-state index in [1.54, 1.807) is 6.20 Å². The molecule has 4 heteroatoms. The van der Waals surface area contributed by atoms with Gasteiger partial charge >= 0.3 is 0 Å². The van der Waals surface area contributed by atoms with Crippen LogP contribution in [0.3, 0.4) is 0 Å². The van der Waals surface area contributed by atoms with Crippen molar-refractivity contribution in [2.24, 2.45) is 0 Å². The number of hydrogen-bond acceptors (Lipinski definition) is 4. The van der Waals surface area contributed by atoms with E-state index in [4.69, 9.17) is 15.2 Å². The Bertz CT molecular complexity index is 311. The Morgan fingerprint density at radius 3 is 3.27 bits per heavy atom. The highest BCUT2D eigenvalue weighted by Crippen LogP contribution is 2.19. The first-order valence-corrected chi connectivity index (χ1v) is 5.31. The van der Waals surface area contributed by atoms with Gasteiger partial charge in [-0.1, -0.05) is 0 Å². The van der Waals surface area contributed by atoms with Gasteiger partial charge in [0.2, 0.25) is 0 Å². The van der Waals surface area contributed by atoms with E-state index < -0.39 is 0 Å². The lowest BCUT2D eigenvalue weighted by atomic mass is 10.2. The van der Waals surface area contributed by atoms with E-state index in [0.717, 1.165) is 19.4 Å². The molecule has 1 aromatic heterocycles. The SMILES string of the molecule is Nc1ncccc1OCCC1CCCO1. The number of aromatic nitrogens is 1. The second-order valence-corrected chi connectivity index (χ2v) is 3.66. The fraction of sp³-hybridized carbons (Fsp3) is 0.545. The minimum Gasteiger partial charge on any atom is -0.490 e. The van der Waals surface area contributed by atoms with E-state index >= 15 is 0 Å². The number of nitrogens with zero attached hydrogens (tertiary/aromatic N) is 1. The second kappa shape index (κ2) is 4.98. The van der Waals surface area contributed by atoms with Gasteiger partial charge in [0.1, 0.15) is 0 Å². The minimum atomic E-state index is 0.364. The van der Waals surface area contributed by atoms with Crippen molar-refractivity contribution in [1.82, 2.24) is 4.98 Å². The maximum atomic E-state index is 5.65. The normalized spacial score (nSPS) is 20.4. The molecular formula is C11H16N2O2. The minimum absolute atomic E-state index is 0.364. The van der Waals surface area contributed by atoms with Crippen molar-refractivity contribution in [3.8, 4) is 5.75 Å². The van der Waals surface area contributed by atoms with E-state index in [9.17, 15) is 0 Å². The molecule has 0 aliphatic carbocycles. The summed E-state index contributed by atoms with van der Waals surface area (Å²) in [4.78, 5) is 3.95. The van der Waals surface area contributed by atoms with Gasteiger partial charge in [0.05, 0.1) is 12.7 Å². The number of nitrogens with two attached hydrogens (primary N) is 1. The Labute approximate surface area is 89.4 Å². The maximum absolute atomic E-state index is 5.65. The summed E-state index contributed by atoms with van der Waals surface area (Å²) in [6.45, 7) is 1.53. The Balaban J connectivity index is 1.75. The zero-order chi connectivity index (χ0) is 10.5. The zero-order valence-corrected chi connectivity index (χ0v) is 8.69. The molecule has 1 aromatic rings. The fourth-order valence-corrected chi connectivity index (χ4v) is 1.70. The fourth-order valence-electron chi connectivity index (χ4n) is 1.70. The first kappa shape index (κ1) is 10.2. The molecular weight excluding hydrogens is 192 g/mol. The third-order valence-electron chi connectivity index (χ3n) is 2.52. The van der Waals surface area contributed by atoms with Crippen LogP contribution in [0.5, 0.6) is 5.75 Å². The van der Waals surface area contributed by atoms with Crippen molar-refractivity contribution >= 4 is 5.82 Å². The van der Waals surface area contributed by atoms with Gasteiger partial charge in [-0.25, -0.2) is 4.98 Å². The molecule has 15 heavy (non-hydrogen) atoms. The lowest BCUT2D eigenvalue weighted by Crippen LogP contribution is -2.11. The first-order chi connectivity index (χ1) is 7.36. The number of anilines is 1. The summed E-state index contributed by atoms with van der Waals surface area (Å²) in [6, 6.07) is 3.65. The Morgan fingerprint density at radius 2 is 2.53 bits per heavy atom. The molecule has 0 radical (unpaired) electrons. The van der Waals surface area contributed by atoms with Crippen molar-refractivity contribution in [3.05, 3.63) is 18.3 Å². The molecule has 1 aliphatic heterocycles. The molecule has 1 unspecified atom stereocenters. The monoisotopic (exact) mass is 208 g/mol. The van der Waals surface area contributed by atoms with Gasteiger partial charge in [-0.15, -0.1) is 0 Å². The van der Waals surface area contributed by atoms with Gasteiger partial charge < -0.3 is 15.2 Å². The third-order valence-corrected chi connectivity index (χ3v) is 2.52. The molecule has 0 saturated carbocycles. The van der Waals surface area contributed by atoms with Crippen molar-refractivity contribution < 1.29 is 9.47 Å². The standard InChI is InChI=1S/C11H16N2O2/c12-11-10(4-1-6-13-11)15-8-5-9-3-2-7-14-9/h1,4,6,9H,2-3,5,7-8H2,(H2,12,13). The number of rotatable bonds is 4. The summed E-state index contributed by atoms with van der Waals surface area (Å²) < 4.78 is 11.0. The lowest BCUT2D eigenvalue weighted by molar-refractivity contribution is 0.0904. The summed E-state index contributed by atoms with van der Waals surface area (Å²) in [6.07, 6.45) is 5.25. The van der Waals surface area contributed by atoms with Crippen molar-refractivity contribution in [1.29, 1.82) is 0 Å². The summed E-state index contributed by atoms with van der Waals surface area (Å²) in [7, 11) is 0. The molecule has 0 spiro atoms. The first-order valence-electron chi connectivity index (χ1n) is 5.31. The average Bonchev–Trinajstić information content (AvgIpc) is 2.74. The van der Waals surface area contributed by atoms with Crippen LogP contribution in [-0.4, -0.2) is 24.3 Å². The molecule has 1 saturated heterocycles. The number of pyridine rings is 1. The van der Waals surface area contributed by atoms with Crippen LogP contribution >= 0.6 is 0 Å². The zero-order valence-electron chi connectivity index (χ0n) is 8.69. The van der Waals surface area contributed by atoms with E-state index in [0.29, 0.717) is 24.3 Å². The highest BCUT2D eigenvalue weighted by atomic mass is 16.5. The number of ether oxygens (including phenoxy) is 2. The molecule has 82 valence electrons. The van der Waals surface area contributed by atoms with Crippen molar-refractivity contribution in [2.75, 3.05) is 18.9 Å². The van der Waals surface area contributed by atoms with E-state index in [1.165, 1.54) is 6.42 Å². The molecule has 2 heterocycles. The molecule has 1 aliphatic rings. The maximum Gasteiger partial charge on any atom is 0.166 e. The van der Waals surface area contributed by atoms with Crippen LogP contribution in [0.15, 0.2) is 18.3 Å². The van der Waals surface area contributed by atoms with Crippen LogP contribution in [0.4, 0.5) is 5.82 Å². The molecule has 1 fully saturated rings. The van der Waals surface area contributed by atoms with Crippen LogP contribution in [0, 0.1) is 0 Å². The lowest BCUT2D eigenvalue weighted by Gasteiger charge is -2.11.